The van der Waals surface area contributed by atoms with Gasteiger partial charge in [0.2, 0.25) is 0 Å². The first kappa shape index (κ1) is 17.4. The molecule has 5 heteroatoms. The number of thioether (sulfide) groups is 1. The van der Waals surface area contributed by atoms with E-state index in [0.717, 1.165) is 23.4 Å². The molecule has 1 aliphatic rings. The van der Waals surface area contributed by atoms with Crippen molar-refractivity contribution in [2.75, 3.05) is 11.9 Å². The number of nitrogens with one attached hydrogen (secondary N) is 2. The summed E-state index contributed by atoms with van der Waals surface area (Å²) in [5.41, 5.74) is 3.12. The Balaban J connectivity index is 1.64. The Bertz CT molecular complexity index is 754. The lowest BCUT2D eigenvalue weighted by molar-refractivity contribution is -0.116. The molecular formula is C20H22N2O2S. The molecule has 25 heavy (non-hydrogen) atoms. The molecule has 2 aromatic carbocycles. The van der Waals surface area contributed by atoms with Gasteiger partial charge in [0.05, 0.1) is 11.5 Å². The molecule has 0 saturated carbocycles. The van der Waals surface area contributed by atoms with Crippen LogP contribution >= 0.6 is 11.8 Å². The summed E-state index contributed by atoms with van der Waals surface area (Å²) >= 11 is 1.49. The van der Waals surface area contributed by atoms with Gasteiger partial charge in [-0.15, -0.1) is 0 Å². The fourth-order valence-corrected chi connectivity index (χ4v) is 3.52. The Hall–Kier alpha value is -2.40. The Morgan fingerprint density at radius 1 is 1.12 bits per heavy atom. The van der Waals surface area contributed by atoms with Crippen LogP contribution in [-0.2, 0) is 11.2 Å². The van der Waals surface area contributed by atoms with Gasteiger partial charge in [0.1, 0.15) is 5.75 Å². The molecule has 0 spiro atoms. The van der Waals surface area contributed by atoms with Gasteiger partial charge in [0.25, 0.3) is 5.91 Å². The highest BCUT2D eigenvalue weighted by atomic mass is 32.2. The summed E-state index contributed by atoms with van der Waals surface area (Å²) in [6, 6.07) is 16.0. The molecule has 1 atom stereocenters. The van der Waals surface area contributed by atoms with E-state index in [-0.39, 0.29) is 11.4 Å². The van der Waals surface area contributed by atoms with Gasteiger partial charge in [-0.1, -0.05) is 43.0 Å². The van der Waals surface area contributed by atoms with Crippen molar-refractivity contribution in [3.63, 3.8) is 0 Å². The summed E-state index contributed by atoms with van der Waals surface area (Å²) in [4.78, 5) is 12.9. The number of amides is 1. The molecule has 1 amide bonds. The van der Waals surface area contributed by atoms with Crippen molar-refractivity contribution in [1.29, 1.82) is 0 Å². The molecule has 130 valence electrons. The second kappa shape index (κ2) is 8.12. The van der Waals surface area contributed by atoms with E-state index in [1.165, 1.54) is 17.3 Å². The lowest BCUT2D eigenvalue weighted by atomic mass is 10.1. The van der Waals surface area contributed by atoms with Crippen molar-refractivity contribution in [1.82, 2.24) is 5.32 Å². The van der Waals surface area contributed by atoms with Crippen LogP contribution in [0.15, 0.2) is 53.4 Å². The van der Waals surface area contributed by atoms with Crippen molar-refractivity contribution in [2.45, 2.75) is 25.8 Å². The van der Waals surface area contributed by atoms with Crippen LogP contribution in [0.1, 0.15) is 25.0 Å². The minimum absolute atomic E-state index is 0.0541. The number of carbonyl (C=O) groups excluding carboxylic acids is 1. The molecule has 2 aromatic rings. The Morgan fingerprint density at radius 3 is 2.48 bits per heavy atom. The number of aryl methyl sites for hydroxylation is 1. The number of carbonyl (C=O) groups is 1. The first-order valence-electron chi connectivity index (χ1n) is 8.45. The Morgan fingerprint density at radius 2 is 1.84 bits per heavy atom. The molecule has 0 aliphatic carbocycles. The third kappa shape index (κ3) is 4.57. The monoisotopic (exact) mass is 354 g/mol. The smallest absolute Gasteiger partial charge is 0.260 e. The van der Waals surface area contributed by atoms with Crippen LogP contribution in [0.4, 0.5) is 5.69 Å². The normalized spacial score (nSPS) is 18.2. The van der Waals surface area contributed by atoms with E-state index in [4.69, 9.17) is 4.74 Å². The SMILES string of the molecule is CCOc1ccc(/C=C2\S[C@@H](Nc3ccc(CC)cc3)NC2=O)cc1. The highest BCUT2D eigenvalue weighted by Crippen LogP contribution is 2.30. The lowest BCUT2D eigenvalue weighted by Crippen LogP contribution is -2.30. The molecule has 1 heterocycles. The van der Waals surface area contributed by atoms with Crippen LogP contribution in [0.5, 0.6) is 5.75 Å². The minimum Gasteiger partial charge on any atom is -0.494 e. The van der Waals surface area contributed by atoms with Crippen LogP contribution in [0.25, 0.3) is 6.08 Å². The van der Waals surface area contributed by atoms with E-state index in [1.807, 2.05) is 49.4 Å². The zero-order chi connectivity index (χ0) is 17.6. The third-order valence-electron chi connectivity index (χ3n) is 3.88. The number of hydrogen-bond donors (Lipinski definition) is 2. The van der Waals surface area contributed by atoms with E-state index in [2.05, 4.69) is 29.7 Å². The Labute approximate surface area is 152 Å². The number of hydrogen-bond acceptors (Lipinski definition) is 4. The van der Waals surface area contributed by atoms with Crippen LogP contribution in [0.2, 0.25) is 0 Å². The summed E-state index contributed by atoms with van der Waals surface area (Å²) in [6.45, 7) is 4.73. The van der Waals surface area contributed by atoms with E-state index in [0.29, 0.717) is 11.5 Å². The van der Waals surface area contributed by atoms with Crippen molar-refractivity contribution < 1.29 is 9.53 Å². The second-order valence-corrected chi connectivity index (χ2v) is 6.82. The summed E-state index contributed by atoms with van der Waals surface area (Å²) in [5, 5.41) is 6.29. The van der Waals surface area contributed by atoms with Gasteiger partial charge >= 0.3 is 0 Å². The van der Waals surface area contributed by atoms with Gasteiger partial charge in [0, 0.05) is 5.69 Å². The largest absolute Gasteiger partial charge is 0.494 e. The van der Waals surface area contributed by atoms with Crippen molar-refractivity contribution in [3.05, 3.63) is 64.6 Å². The first-order chi connectivity index (χ1) is 12.2. The van der Waals surface area contributed by atoms with Crippen molar-refractivity contribution >= 4 is 29.4 Å². The molecule has 3 rings (SSSR count). The van der Waals surface area contributed by atoms with E-state index >= 15 is 0 Å². The van der Waals surface area contributed by atoms with Gasteiger partial charge < -0.3 is 15.4 Å². The molecule has 0 radical (unpaired) electrons. The van der Waals surface area contributed by atoms with Crippen LogP contribution in [0.3, 0.4) is 0 Å². The number of rotatable bonds is 6. The van der Waals surface area contributed by atoms with Crippen molar-refractivity contribution in [2.24, 2.45) is 0 Å². The predicted octanol–water partition coefficient (Wildman–Crippen LogP) is 4.25. The fraction of sp³-hybridized carbons (Fsp3) is 0.250. The molecule has 1 fully saturated rings. The Kier molecular flexibility index (Phi) is 5.66. The molecule has 2 N–H and O–H groups in total. The highest BCUT2D eigenvalue weighted by Gasteiger charge is 2.27. The molecular weight excluding hydrogens is 332 g/mol. The molecule has 0 bridgehead atoms. The molecule has 1 saturated heterocycles. The molecule has 4 nitrogen and oxygen atoms in total. The van der Waals surface area contributed by atoms with Gasteiger partial charge in [-0.25, -0.2) is 0 Å². The van der Waals surface area contributed by atoms with Crippen molar-refractivity contribution in [3.8, 4) is 5.75 Å². The second-order valence-electron chi connectivity index (χ2n) is 5.68. The summed E-state index contributed by atoms with van der Waals surface area (Å²) in [7, 11) is 0. The standard InChI is InChI=1S/C20H22N2O2S/c1-3-14-5-9-16(10-6-14)21-20-22-19(23)18(25-20)13-15-7-11-17(12-8-15)24-4-2/h5-13,20-21H,3-4H2,1-2H3,(H,22,23)/b18-13-/t20-/m0/s1. The molecule has 0 aromatic heterocycles. The van der Waals surface area contributed by atoms with E-state index in [9.17, 15) is 4.79 Å². The number of anilines is 1. The summed E-state index contributed by atoms with van der Waals surface area (Å²) in [6.07, 6.45) is 2.92. The molecule has 1 aliphatic heterocycles. The number of benzene rings is 2. The maximum absolute atomic E-state index is 12.2. The average Bonchev–Trinajstić information content (AvgIpc) is 2.96. The maximum Gasteiger partial charge on any atom is 0.260 e. The molecule has 0 unspecified atom stereocenters. The van der Waals surface area contributed by atoms with Gasteiger partial charge in [-0.05, 0) is 54.8 Å². The first-order valence-corrected chi connectivity index (χ1v) is 9.33. The maximum atomic E-state index is 12.2. The van der Waals surface area contributed by atoms with Crippen LogP contribution < -0.4 is 15.4 Å². The van der Waals surface area contributed by atoms with Crippen LogP contribution in [-0.4, -0.2) is 18.0 Å². The van der Waals surface area contributed by atoms with Gasteiger partial charge in [-0.2, -0.15) is 0 Å². The summed E-state index contributed by atoms with van der Waals surface area (Å²) in [5.74, 6) is 0.782. The highest BCUT2D eigenvalue weighted by molar-refractivity contribution is 8.05. The quantitative estimate of drug-likeness (QED) is 0.762. The third-order valence-corrected chi connectivity index (χ3v) is 4.91. The zero-order valence-electron chi connectivity index (χ0n) is 14.4. The lowest BCUT2D eigenvalue weighted by Gasteiger charge is -2.12. The number of ether oxygens (including phenoxy) is 1. The fourth-order valence-electron chi connectivity index (χ4n) is 2.53. The minimum atomic E-state index is -0.158. The van der Waals surface area contributed by atoms with Gasteiger partial charge in [0.15, 0.2) is 5.50 Å². The van der Waals surface area contributed by atoms with Crippen LogP contribution in [0, 0.1) is 0 Å². The topological polar surface area (TPSA) is 50.4 Å². The summed E-state index contributed by atoms with van der Waals surface area (Å²) < 4.78 is 5.44. The van der Waals surface area contributed by atoms with Gasteiger partial charge in [-0.3, -0.25) is 4.79 Å². The average molecular weight is 354 g/mol. The van der Waals surface area contributed by atoms with E-state index < -0.39 is 0 Å². The predicted molar refractivity (Wildman–Crippen MR) is 105 cm³/mol. The zero-order valence-corrected chi connectivity index (χ0v) is 15.2. The van der Waals surface area contributed by atoms with E-state index in [1.54, 1.807) is 0 Å².